The number of aliphatic hydroxyl groups excluding tert-OH is 1. The Balaban J connectivity index is 2.55. The molecule has 2 nitrogen and oxygen atoms in total. The van der Waals surface area contributed by atoms with Crippen molar-refractivity contribution in [2.45, 2.75) is 26.4 Å². The van der Waals surface area contributed by atoms with Crippen LogP contribution in [0.15, 0.2) is 35.9 Å². The summed E-state index contributed by atoms with van der Waals surface area (Å²) in [5, 5.41) is 11.3. The Hall–Kier alpha value is -1.67. The maximum absolute atomic E-state index is 12.1. The SMILES string of the molecule is CC1=c2ccccc2=CC(=CC[C@@H](C)O)C1=O. The largest absolute Gasteiger partial charge is 0.393 e. The molecule has 88 valence electrons. The molecule has 0 aliphatic heterocycles. The topological polar surface area (TPSA) is 37.3 Å². The van der Waals surface area contributed by atoms with Gasteiger partial charge in [0.15, 0.2) is 5.78 Å². The van der Waals surface area contributed by atoms with Crippen LogP contribution in [0.5, 0.6) is 0 Å². The zero-order valence-electron chi connectivity index (χ0n) is 10.1. The Kier molecular flexibility index (Phi) is 3.25. The van der Waals surface area contributed by atoms with Crippen LogP contribution in [0, 0.1) is 0 Å². The quantitative estimate of drug-likeness (QED) is 0.764. The van der Waals surface area contributed by atoms with Crippen molar-refractivity contribution in [1.82, 2.24) is 0 Å². The van der Waals surface area contributed by atoms with Crippen molar-refractivity contribution in [3.8, 4) is 0 Å². The first-order chi connectivity index (χ1) is 8.09. The van der Waals surface area contributed by atoms with Gasteiger partial charge in [-0.15, -0.1) is 0 Å². The number of allylic oxidation sites excluding steroid dienone is 1. The van der Waals surface area contributed by atoms with Crippen molar-refractivity contribution in [2.24, 2.45) is 0 Å². The van der Waals surface area contributed by atoms with Gasteiger partial charge in [0.25, 0.3) is 0 Å². The van der Waals surface area contributed by atoms with Gasteiger partial charge in [-0.25, -0.2) is 0 Å². The number of rotatable bonds is 2. The van der Waals surface area contributed by atoms with Gasteiger partial charge in [0, 0.05) is 11.1 Å². The molecule has 1 aliphatic carbocycles. The van der Waals surface area contributed by atoms with Gasteiger partial charge in [0.05, 0.1) is 6.10 Å². The third-order valence-electron chi connectivity index (χ3n) is 2.96. The highest BCUT2D eigenvalue weighted by molar-refractivity contribution is 6.27. The fourth-order valence-corrected chi connectivity index (χ4v) is 1.99. The van der Waals surface area contributed by atoms with Crippen molar-refractivity contribution in [2.75, 3.05) is 0 Å². The van der Waals surface area contributed by atoms with Crippen LogP contribution in [-0.2, 0) is 4.79 Å². The van der Waals surface area contributed by atoms with Crippen LogP contribution in [0.2, 0.25) is 0 Å². The van der Waals surface area contributed by atoms with Crippen LogP contribution >= 0.6 is 0 Å². The van der Waals surface area contributed by atoms with E-state index in [1.165, 1.54) is 0 Å². The van der Waals surface area contributed by atoms with Gasteiger partial charge >= 0.3 is 0 Å². The van der Waals surface area contributed by atoms with E-state index in [2.05, 4.69) is 0 Å². The summed E-state index contributed by atoms with van der Waals surface area (Å²) >= 11 is 0. The number of Topliss-reactive ketones (excluding diaryl/α,β-unsaturated/α-hetero) is 1. The molecule has 1 atom stereocenters. The zero-order valence-corrected chi connectivity index (χ0v) is 10.1. The molecule has 0 amide bonds. The summed E-state index contributed by atoms with van der Waals surface area (Å²) < 4.78 is 0. The van der Waals surface area contributed by atoms with Crippen molar-refractivity contribution in [3.63, 3.8) is 0 Å². The number of fused-ring (bicyclic) bond motifs is 1. The lowest BCUT2D eigenvalue weighted by Gasteiger charge is -2.09. The van der Waals surface area contributed by atoms with Gasteiger partial charge in [-0.05, 0) is 36.8 Å². The highest BCUT2D eigenvalue weighted by atomic mass is 16.3. The standard InChI is InChI=1S/C15H16O2/c1-10(16)7-8-13-9-12-5-3-4-6-14(12)11(2)15(13)17/h3-6,8-10,16H,7H2,1-2H3/t10-/m1/s1. The van der Waals surface area contributed by atoms with E-state index in [1.54, 1.807) is 6.92 Å². The van der Waals surface area contributed by atoms with Gasteiger partial charge in [0.1, 0.15) is 0 Å². The average Bonchev–Trinajstić information content (AvgIpc) is 2.32. The van der Waals surface area contributed by atoms with E-state index in [0.29, 0.717) is 12.0 Å². The van der Waals surface area contributed by atoms with Gasteiger partial charge in [-0.2, -0.15) is 0 Å². The van der Waals surface area contributed by atoms with E-state index >= 15 is 0 Å². The van der Waals surface area contributed by atoms with Crippen LogP contribution in [0.4, 0.5) is 0 Å². The molecule has 1 aromatic carbocycles. The van der Waals surface area contributed by atoms with E-state index in [9.17, 15) is 9.90 Å². The summed E-state index contributed by atoms with van der Waals surface area (Å²) in [5.41, 5.74) is 1.46. The van der Waals surface area contributed by atoms with E-state index in [1.807, 2.05) is 43.3 Å². The minimum absolute atomic E-state index is 0.0596. The maximum Gasteiger partial charge on any atom is 0.189 e. The first-order valence-corrected chi connectivity index (χ1v) is 5.80. The average molecular weight is 228 g/mol. The second-order valence-electron chi connectivity index (χ2n) is 4.43. The highest BCUT2D eigenvalue weighted by Gasteiger charge is 2.14. The molecule has 0 heterocycles. The predicted molar refractivity (Wildman–Crippen MR) is 68.6 cm³/mol. The van der Waals surface area contributed by atoms with Crippen LogP contribution < -0.4 is 10.4 Å². The summed E-state index contributed by atoms with van der Waals surface area (Å²) in [6.07, 6.45) is 3.80. The zero-order chi connectivity index (χ0) is 12.4. The smallest absolute Gasteiger partial charge is 0.189 e. The molecule has 0 bridgehead atoms. The molecule has 0 aromatic heterocycles. The van der Waals surface area contributed by atoms with E-state index < -0.39 is 6.10 Å². The van der Waals surface area contributed by atoms with Gasteiger partial charge in [0.2, 0.25) is 0 Å². The van der Waals surface area contributed by atoms with Gasteiger partial charge in [-0.3, -0.25) is 4.79 Å². The Bertz CT molecular complexity index is 592. The summed E-state index contributed by atoms with van der Waals surface area (Å²) in [6, 6.07) is 7.87. The lowest BCUT2D eigenvalue weighted by molar-refractivity contribution is -0.110. The van der Waals surface area contributed by atoms with Gasteiger partial charge in [-0.1, -0.05) is 30.3 Å². The summed E-state index contributed by atoms with van der Waals surface area (Å²) in [7, 11) is 0. The number of hydrogen-bond donors (Lipinski definition) is 1. The fourth-order valence-electron chi connectivity index (χ4n) is 1.99. The van der Waals surface area contributed by atoms with E-state index in [4.69, 9.17) is 0 Å². The van der Waals surface area contributed by atoms with Crippen molar-refractivity contribution in [1.29, 1.82) is 0 Å². The van der Waals surface area contributed by atoms with Crippen molar-refractivity contribution >= 4 is 17.4 Å². The van der Waals surface area contributed by atoms with Crippen LogP contribution in [0.3, 0.4) is 0 Å². The summed E-state index contributed by atoms with van der Waals surface area (Å²) in [6.45, 7) is 3.57. The van der Waals surface area contributed by atoms with Crippen LogP contribution in [0.1, 0.15) is 20.3 Å². The number of carbonyl (C=O) groups excluding carboxylic acids is 1. The Morgan fingerprint density at radius 1 is 1.35 bits per heavy atom. The third-order valence-corrected chi connectivity index (χ3v) is 2.96. The molecule has 0 radical (unpaired) electrons. The Morgan fingerprint density at radius 2 is 2.06 bits per heavy atom. The minimum Gasteiger partial charge on any atom is -0.393 e. The number of hydrogen-bond acceptors (Lipinski definition) is 2. The third kappa shape index (κ3) is 2.37. The number of ketones is 1. The molecule has 1 aromatic rings. The highest BCUT2D eigenvalue weighted by Crippen LogP contribution is 2.11. The molecule has 2 heteroatoms. The molecule has 0 spiro atoms. The van der Waals surface area contributed by atoms with Crippen molar-refractivity contribution < 1.29 is 9.90 Å². The predicted octanol–water partition coefficient (Wildman–Crippen LogP) is 0.918. The summed E-state index contributed by atoms with van der Waals surface area (Å²) in [5.74, 6) is 0.0596. The monoisotopic (exact) mass is 228 g/mol. The Labute approximate surface area is 101 Å². The molecule has 0 saturated heterocycles. The number of benzene rings is 1. The van der Waals surface area contributed by atoms with Crippen LogP contribution in [0.25, 0.3) is 11.6 Å². The molecule has 1 aliphatic rings. The number of carbonyl (C=O) groups is 1. The molecular weight excluding hydrogens is 212 g/mol. The normalized spacial score (nSPS) is 18.9. The molecule has 17 heavy (non-hydrogen) atoms. The first kappa shape index (κ1) is 11.8. The minimum atomic E-state index is -0.416. The Morgan fingerprint density at radius 3 is 2.76 bits per heavy atom. The molecule has 0 unspecified atom stereocenters. The summed E-state index contributed by atoms with van der Waals surface area (Å²) in [4.78, 5) is 12.1. The fraction of sp³-hybridized carbons (Fsp3) is 0.267. The van der Waals surface area contributed by atoms with E-state index in [-0.39, 0.29) is 5.78 Å². The van der Waals surface area contributed by atoms with Gasteiger partial charge < -0.3 is 5.11 Å². The second-order valence-corrected chi connectivity index (χ2v) is 4.43. The molecular formula is C15H16O2. The maximum atomic E-state index is 12.1. The second kappa shape index (κ2) is 4.68. The lowest BCUT2D eigenvalue weighted by atomic mass is 9.94. The number of aliphatic hydroxyl groups is 1. The first-order valence-electron chi connectivity index (χ1n) is 5.80. The molecule has 0 saturated carbocycles. The molecule has 1 N–H and O–H groups in total. The molecule has 2 rings (SSSR count). The van der Waals surface area contributed by atoms with Crippen LogP contribution in [-0.4, -0.2) is 17.0 Å². The molecule has 0 fully saturated rings. The van der Waals surface area contributed by atoms with Crippen molar-refractivity contribution in [3.05, 3.63) is 46.4 Å². The van der Waals surface area contributed by atoms with E-state index in [0.717, 1.165) is 16.0 Å². The lowest BCUT2D eigenvalue weighted by Crippen LogP contribution is -2.32.